The third-order valence-electron chi connectivity index (χ3n) is 2.11. The lowest BCUT2D eigenvalue weighted by atomic mass is 10.2. The van der Waals surface area contributed by atoms with Crippen LogP contribution in [-0.4, -0.2) is 28.3 Å². The second-order valence-corrected chi connectivity index (χ2v) is 4.65. The van der Waals surface area contributed by atoms with Crippen molar-refractivity contribution in [1.82, 2.24) is 15.3 Å². The van der Waals surface area contributed by atoms with Crippen molar-refractivity contribution in [2.24, 2.45) is 0 Å². The van der Waals surface area contributed by atoms with E-state index in [9.17, 15) is 0 Å². The standard InChI is InChI=1S/C11H19N3S/c1-3-4-10(2)13-7-8-15-11-9-12-5-6-14-11/h5-6,9-10,13H,3-4,7-8H2,1-2H3. The summed E-state index contributed by atoms with van der Waals surface area (Å²) in [4.78, 5) is 8.23. The molecule has 0 aliphatic heterocycles. The quantitative estimate of drug-likeness (QED) is 0.571. The monoisotopic (exact) mass is 225 g/mol. The van der Waals surface area contributed by atoms with E-state index in [-0.39, 0.29) is 0 Å². The Balaban J connectivity index is 2.07. The van der Waals surface area contributed by atoms with Crippen molar-refractivity contribution in [3.05, 3.63) is 18.6 Å². The first-order valence-electron chi connectivity index (χ1n) is 5.45. The largest absolute Gasteiger partial charge is 0.313 e. The van der Waals surface area contributed by atoms with Gasteiger partial charge in [0.25, 0.3) is 0 Å². The Labute approximate surface area is 96.1 Å². The van der Waals surface area contributed by atoms with Gasteiger partial charge in [-0.1, -0.05) is 13.3 Å². The maximum absolute atomic E-state index is 4.20. The van der Waals surface area contributed by atoms with E-state index in [1.54, 1.807) is 30.4 Å². The molecule has 0 aliphatic carbocycles. The van der Waals surface area contributed by atoms with Gasteiger partial charge in [-0.25, -0.2) is 4.98 Å². The van der Waals surface area contributed by atoms with Gasteiger partial charge in [0.2, 0.25) is 0 Å². The van der Waals surface area contributed by atoms with Gasteiger partial charge in [0.05, 0.1) is 6.20 Å². The van der Waals surface area contributed by atoms with Crippen LogP contribution in [0, 0.1) is 0 Å². The van der Waals surface area contributed by atoms with Crippen molar-refractivity contribution in [2.75, 3.05) is 12.3 Å². The van der Waals surface area contributed by atoms with Crippen LogP contribution in [0.5, 0.6) is 0 Å². The van der Waals surface area contributed by atoms with Crippen molar-refractivity contribution < 1.29 is 0 Å². The Bertz CT molecular complexity index is 253. The topological polar surface area (TPSA) is 37.8 Å². The number of nitrogens with zero attached hydrogens (tertiary/aromatic N) is 2. The van der Waals surface area contributed by atoms with Crippen molar-refractivity contribution in [3.8, 4) is 0 Å². The predicted molar refractivity (Wildman–Crippen MR) is 65.1 cm³/mol. The number of nitrogens with one attached hydrogen (secondary N) is 1. The van der Waals surface area contributed by atoms with Crippen LogP contribution in [0.2, 0.25) is 0 Å². The Morgan fingerprint density at radius 1 is 1.47 bits per heavy atom. The van der Waals surface area contributed by atoms with Gasteiger partial charge in [-0.3, -0.25) is 4.98 Å². The minimum absolute atomic E-state index is 0.623. The van der Waals surface area contributed by atoms with Gasteiger partial charge >= 0.3 is 0 Å². The Kier molecular flexibility index (Phi) is 6.36. The van der Waals surface area contributed by atoms with E-state index in [0.29, 0.717) is 6.04 Å². The minimum atomic E-state index is 0.623. The fourth-order valence-electron chi connectivity index (χ4n) is 1.36. The average Bonchev–Trinajstić information content (AvgIpc) is 2.26. The molecule has 0 spiro atoms. The van der Waals surface area contributed by atoms with Gasteiger partial charge in [0.15, 0.2) is 0 Å². The molecule has 0 aromatic carbocycles. The highest BCUT2D eigenvalue weighted by Crippen LogP contribution is 2.11. The lowest BCUT2D eigenvalue weighted by molar-refractivity contribution is 0.526. The molecule has 1 unspecified atom stereocenters. The number of aromatic nitrogens is 2. The van der Waals surface area contributed by atoms with Gasteiger partial charge in [-0.15, -0.1) is 11.8 Å². The van der Waals surface area contributed by atoms with Crippen molar-refractivity contribution >= 4 is 11.8 Å². The second-order valence-electron chi connectivity index (χ2n) is 3.54. The molecule has 1 atom stereocenters. The van der Waals surface area contributed by atoms with Crippen LogP contribution in [0.1, 0.15) is 26.7 Å². The molecule has 0 radical (unpaired) electrons. The lowest BCUT2D eigenvalue weighted by Crippen LogP contribution is -2.27. The zero-order valence-corrected chi connectivity index (χ0v) is 10.3. The number of thioether (sulfide) groups is 1. The van der Waals surface area contributed by atoms with Gasteiger partial charge in [0.1, 0.15) is 5.03 Å². The van der Waals surface area contributed by atoms with Crippen LogP contribution in [0.25, 0.3) is 0 Å². The zero-order valence-electron chi connectivity index (χ0n) is 9.44. The molecular weight excluding hydrogens is 206 g/mol. The smallest absolute Gasteiger partial charge is 0.114 e. The van der Waals surface area contributed by atoms with E-state index in [4.69, 9.17) is 0 Å². The molecule has 1 aromatic rings. The van der Waals surface area contributed by atoms with Crippen LogP contribution < -0.4 is 5.32 Å². The summed E-state index contributed by atoms with van der Waals surface area (Å²) in [6, 6.07) is 0.623. The molecule has 0 aliphatic rings. The van der Waals surface area contributed by atoms with Gasteiger partial charge < -0.3 is 5.32 Å². The van der Waals surface area contributed by atoms with E-state index in [2.05, 4.69) is 29.1 Å². The molecule has 0 saturated carbocycles. The van der Waals surface area contributed by atoms with E-state index in [1.165, 1.54) is 12.8 Å². The molecule has 1 heterocycles. The summed E-state index contributed by atoms with van der Waals surface area (Å²) < 4.78 is 0. The van der Waals surface area contributed by atoms with Crippen LogP contribution in [0.15, 0.2) is 23.6 Å². The molecule has 84 valence electrons. The van der Waals surface area contributed by atoms with Crippen molar-refractivity contribution in [2.45, 2.75) is 37.8 Å². The Hall–Kier alpha value is -0.610. The fourth-order valence-corrected chi connectivity index (χ4v) is 2.06. The zero-order chi connectivity index (χ0) is 10.9. The molecule has 1 aromatic heterocycles. The Morgan fingerprint density at radius 3 is 3.00 bits per heavy atom. The van der Waals surface area contributed by atoms with E-state index in [0.717, 1.165) is 17.3 Å². The SMILES string of the molecule is CCCC(C)NCCSc1cnccn1. The van der Waals surface area contributed by atoms with E-state index >= 15 is 0 Å². The minimum Gasteiger partial charge on any atom is -0.313 e. The first-order chi connectivity index (χ1) is 7.33. The number of hydrogen-bond donors (Lipinski definition) is 1. The molecule has 1 N–H and O–H groups in total. The number of hydrogen-bond acceptors (Lipinski definition) is 4. The average molecular weight is 225 g/mol. The van der Waals surface area contributed by atoms with Crippen LogP contribution in [0.4, 0.5) is 0 Å². The molecule has 3 nitrogen and oxygen atoms in total. The van der Waals surface area contributed by atoms with Gasteiger partial charge in [-0.2, -0.15) is 0 Å². The molecule has 0 fully saturated rings. The van der Waals surface area contributed by atoms with E-state index in [1.807, 2.05) is 0 Å². The summed E-state index contributed by atoms with van der Waals surface area (Å²) in [6.07, 6.45) is 7.72. The highest BCUT2D eigenvalue weighted by Gasteiger charge is 1.99. The molecule has 0 amide bonds. The molecule has 0 bridgehead atoms. The fraction of sp³-hybridized carbons (Fsp3) is 0.636. The maximum Gasteiger partial charge on any atom is 0.114 e. The molecular formula is C11H19N3S. The summed E-state index contributed by atoms with van der Waals surface area (Å²) >= 11 is 1.74. The lowest BCUT2D eigenvalue weighted by Gasteiger charge is -2.11. The van der Waals surface area contributed by atoms with Crippen molar-refractivity contribution in [1.29, 1.82) is 0 Å². The summed E-state index contributed by atoms with van der Waals surface area (Å²) in [5.74, 6) is 1.05. The molecule has 1 rings (SSSR count). The molecule has 4 heteroatoms. The summed E-state index contributed by atoms with van der Waals surface area (Å²) in [5.41, 5.74) is 0. The van der Waals surface area contributed by atoms with E-state index < -0.39 is 0 Å². The molecule has 15 heavy (non-hydrogen) atoms. The summed E-state index contributed by atoms with van der Waals surface area (Å²) in [6.45, 7) is 5.48. The second kappa shape index (κ2) is 7.65. The van der Waals surface area contributed by atoms with Crippen molar-refractivity contribution in [3.63, 3.8) is 0 Å². The third-order valence-corrected chi connectivity index (χ3v) is 3.02. The van der Waals surface area contributed by atoms with Crippen LogP contribution in [0.3, 0.4) is 0 Å². The number of rotatable bonds is 7. The maximum atomic E-state index is 4.20. The first-order valence-corrected chi connectivity index (χ1v) is 6.43. The van der Waals surface area contributed by atoms with Gasteiger partial charge in [0, 0.05) is 30.7 Å². The molecule has 0 saturated heterocycles. The summed E-state index contributed by atoms with van der Waals surface area (Å²) in [5, 5.41) is 4.49. The van der Waals surface area contributed by atoms with Gasteiger partial charge in [-0.05, 0) is 13.3 Å². The van der Waals surface area contributed by atoms with Crippen LogP contribution >= 0.6 is 11.8 Å². The normalized spacial score (nSPS) is 12.7. The highest BCUT2D eigenvalue weighted by atomic mass is 32.2. The Morgan fingerprint density at radius 2 is 2.33 bits per heavy atom. The third kappa shape index (κ3) is 5.74. The van der Waals surface area contributed by atoms with Crippen LogP contribution in [-0.2, 0) is 0 Å². The highest BCUT2D eigenvalue weighted by molar-refractivity contribution is 7.99. The summed E-state index contributed by atoms with van der Waals surface area (Å²) in [7, 11) is 0. The first kappa shape index (κ1) is 12.5. The predicted octanol–water partition coefficient (Wildman–Crippen LogP) is 2.35.